The van der Waals surface area contributed by atoms with Crippen LogP contribution in [-0.2, 0) is 0 Å². The van der Waals surface area contributed by atoms with Crippen LogP contribution in [0.5, 0.6) is 0 Å². The largest absolute Gasteiger partial charge is 0.372 e. The van der Waals surface area contributed by atoms with E-state index in [1.165, 1.54) is 18.2 Å². The second-order valence-electron chi connectivity index (χ2n) is 8.84. The summed E-state index contributed by atoms with van der Waals surface area (Å²) in [7, 11) is 2.08. The molecule has 0 radical (unpaired) electrons. The number of allylic oxidation sites excluding steroid dienone is 3. The van der Waals surface area contributed by atoms with Crippen LogP contribution in [0.3, 0.4) is 0 Å². The van der Waals surface area contributed by atoms with Gasteiger partial charge in [0.2, 0.25) is 0 Å². The minimum atomic E-state index is -0.318. The van der Waals surface area contributed by atoms with Gasteiger partial charge in [0.05, 0.1) is 0 Å². The van der Waals surface area contributed by atoms with Crippen LogP contribution in [0, 0.1) is 17.6 Å². The van der Waals surface area contributed by atoms with E-state index in [9.17, 15) is 13.6 Å². The number of piperidine rings is 1. The molecule has 0 N–H and O–H groups in total. The highest BCUT2D eigenvalue weighted by molar-refractivity contribution is 5.97. The van der Waals surface area contributed by atoms with Crippen LogP contribution in [0.4, 0.5) is 8.78 Å². The number of hydrogen-bond acceptors (Lipinski definition) is 3. The summed E-state index contributed by atoms with van der Waals surface area (Å²) < 4.78 is 27.4. The summed E-state index contributed by atoms with van der Waals surface area (Å²) in [5.41, 5.74) is 3.30. The molecule has 1 atom stereocenters. The van der Waals surface area contributed by atoms with Crippen molar-refractivity contribution in [3.8, 4) is 0 Å². The van der Waals surface area contributed by atoms with Crippen molar-refractivity contribution in [3.05, 3.63) is 89.1 Å². The Balaban J connectivity index is 1.34. The van der Waals surface area contributed by atoms with E-state index in [0.29, 0.717) is 11.1 Å². The number of hydrogen-bond donors (Lipinski definition) is 0. The minimum absolute atomic E-state index is 0.00629. The number of likely N-dealkylation sites (tertiary alicyclic amines) is 1. The monoisotopic (exact) mass is 436 g/mol. The molecule has 1 fully saturated rings. The molecule has 0 amide bonds. The molecule has 32 heavy (non-hydrogen) atoms. The van der Waals surface area contributed by atoms with Gasteiger partial charge in [-0.2, -0.15) is 0 Å². The Labute approximate surface area is 189 Å². The Bertz CT molecular complexity index is 1020. The average molecular weight is 437 g/mol. The zero-order chi connectivity index (χ0) is 22.7. The van der Waals surface area contributed by atoms with E-state index < -0.39 is 0 Å². The fourth-order valence-electron chi connectivity index (χ4n) is 4.68. The molecule has 2 aliphatic rings. The molecule has 2 aromatic rings. The fourth-order valence-corrected chi connectivity index (χ4v) is 4.68. The third-order valence-corrected chi connectivity index (χ3v) is 6.80. The highest BCUT2D eigenvalue weighted by Crippen LogP contribution is 2.29. The van der Waals surface area contributed by atoms with E-state index >= 15 is 0 Å². The number of ketones is 1. The van der Waals surface area contributed by atoms with Gasteiger partial charge in [0.1, 0.15) is 11.6 Å². The van der Waals surface area contributed by atoms with Crippen LogP contribution < -0.4 is 0 Å². The van der Waals surface area contributed by atoms with Gasteiger partial charge in [0.15, 0.2) is 5.78 Å². The van der Waals surface area contributed by atoms with E-state index in [-0.39, 0.29) is 29.4 Å². The first-order chi connectivity index (χ1) is 15.4. The molecule has 1 unspecified atom stereocenters. The second-order valence-corrected chi connectivity index (χ2v) is 8.84. The van der Waals surface area contributed by atoms with Gasteiger partial charge in [-0.25, -0.2) is 8.78 Å². The number of carbonyl (C=O) groups is 1. The van der Waals surface area contributed by atoms with Gasteiger partial charge in [-0.05, 0) is 81.3 Å². The molecular weight excluding hydrogens is 406 g/mol. The molecule has 5 heteroatoms. The Morgan fingerprint density at radius 1 is 1.03 bits per heavy atom. The van der Waals surface area contributed by atoms with Crippen molar-refractivity contribution in [2.24, 2.45) is 5.92 Å². The lowest BCUT2D eigenvalue weighted by atomic mass is 9.88. The zero-order valence-electron chi connectivity index (χ0n) is 18.7. The first kappa shape index (κ1) is 22.4. The SMILES string of the molecule is CC1=CC(c2ccccc2F)=CC(CCN2CCC(C(=O)c3ccc(F)cc3)CC2)N1C. The predicted octanol–water partition coefficient (Wildman–Crippen LogP) is 5.55. The summed E-state index contributed by atoms with van der Waals surface area (Å²) in [5, 5.41) is 0. The summed E-state index contributed by atoms with van der Waals surface area (Å²) in [5.74, 6) is -0.387. The molecule has 4 rings (SSSR count). The molecule has 1 saturated heterocycles. The van der Waals surface area contributed by atoms with E-state index in [2.05, 4.69) is 29.8 Å². The van der Waals surface area contributed by atoms with Gasteiger partial charge < -0.3 is 9.80 Å². The molecule has 168 valence electrons. The van der Waals surface area contributed by atoms with E-state index in [0.717, 1.165) is 50.2 Å². The van der Waals surface area contributed by atoms with Gasteiger partial charge >= 0.3 is 0 Å². The quantitative estimate of drug-likeness (QED) is 0.555. The third kappa shape index (κ3) is 4.99. The van der Waals surface area contributed by atoms with Crippen molar-refractivity contribution in [3.63, 3.8) is 0 Å². The number of likely N-dealkylation sites (N-methyl/N-ethyl adjacent to an activating group) is 1. The van der Waals surface area contributed by atoms with Gasteiger partial charge in [-0.15, -0.1) is 0 Å². The van der Waals surface area contributed by atoms with Crippen LogP contribution >= 0.6 is 0 Å². The number of benzene rings is 2. The van der Waals surface area contributed by atoms with Gasteiger partial charge in [-0.3, -0.25) is 4.79 Å². The maximum Gasteiger partial charge on any atom is 0.166 e. The van der Waals surface area contributed by atoms with E-state index in [4.69, 9.17) is 0 Å². The summed E-state index contributed by atoms with van der Waals surface area (Å²) in [6.07, 6.45) is 6.80. The Kier molecular flexibility index (Phi) is 6.85. The Morgan fingerprint density at radius 3 is 2.41 bits per heavy atom. The normalized spacial score (nSPS) is 20.1. The van der Waals surface area contributed by atoms with Crippen molar-refractivity contribution >= 4 is 11.4 Å². The molecule has 2 heterocycles. The van der Waals surface area contributed by atoms with Crippen molar-refractivity contribution in [1.29, 1.82) is 0 Å². The summed E-state index contributed by atoms with van der Waals surface area (Å²) in [4.78, 5) is 17.4. The molecular formula is C27H30F2N2O. The molecule has 3 nitrogen and oxygen atoms in total. The standard InChI is InChI=1S/C27H30F2N2O/c1-19-17-22(25-5-3-4-6-26(25)29)18-24(30(19)2)13-16-31-14-11-21(12-15-31)27(32)20-7-9-23(28)10-8-20/h3-10,17-18,21,24H,11-16H2,1-2H3. The highest BCUT2D eigenvalue weighted by Gasteiger charge is 2.27. The number of rotatable bonds is 6. The van der Waals surface area contributed by atoms with E-state index in [1.807, 2.05) is 18.2 Å². The van der Waals surface area contributed by atoms with Crippen molar-refractivity contribution < 1.29 is 13.6 Å². The first-order valence-corrected chi connectivity index (χ1v) is 11.3. The lowest BCUT2D eigenvalue weighted by molar-refractivity contribution is 0.0835. The molecule has 0 saturated carbocycles. The van der Waals surface area contributed by atoms with Crippen molar-refractivity contribution in [1.82, 2.24) is 9.80 Å². The number of Topliss-reactive ketones (excluding diaryl/α,β-unsaturated/α-hetero) is 1. The fraction of sp³-hybridized carbons (Fsp3) is 0.370. The molecule has 0 bridgehead atoms. The third-order valence-electron chi connectivity index (χ3n) is 6.80. The van der Waals surface area contributed by atoms with Crippen molar-refractivity contribution in [2.45, 2.75) is 32.2 Å². The van der Waals surface area contributed by atoms with Crippen LogP contribution in [0.25, 0.3) is 5.57 Å². The Hall–Kier alpha value is -2.79. The van der Waals surface area contributed by atoms with Gasteiger partial charge in [-0.1, -0.05) is 24.3 Å². The molecule has 2 aromatic carbocycles. The first-order valence-electron chi connectivity index (χ1n) is 11.3. The highest BCUT2D eigenvalue weighted by atomic mass is 19.1. The molecule has 2 aliphatic heterocycles. The maximum absolute atomic E-state index is 14.3. The lowest BCUT2D eigenvalue weighted by Crippen LogP contribution is -2.40. The van der Waals surface area contributed by atoms with Gasteiger partial charge in [0.25, 0.3) is 0 Å². The topological polar surface area (TPSA) is 23.6 Å². The summed E-state index contributed by atoms with van der Waals surface area (Å²) >= 11 is 0. The minimum Gasteiger partial charge on any atom is -0.372 e. The van der Waals surface area contributed by atoms with Crippen LogP contribution in [0.2, 0.25) is 0 Å². The smallest absolute Gasteiger partial charge is 0.166 e. The average Bonchev–Trinajstić information content (AvgIpc) is 2.81. The molecule has 0 aliphatic carbocycles. The van der Waals surface area contributed by atoms with Crippen LogP contribution in [0.1, 0.15) is 42.1 Å². The number of nitrogens with zero attached hydrogens (tertiary/aromatic N) is 2. The molecule has 0 spiro atoms. The van der Waals surface area contributed by atoms with Crippen molar-refractivity contribution in [2.75, 3.05) is 26.7 Å². The van der Waals surface area contributed by atoms with Crippen LogP contribution in [-0.4, -0.2) is 48.3 Å². The second kappa shape index (κ2) is 9.78. The lowest BCUT2D eigenvalue weighted by Gasteiger charge is -2.36. The molecule has 0 aromatic heterocycles. The number of halogens is 2. The summed E-state index contributed by atoms with van der Waals surface area (Å²) in [6, 6.07) is 13.0. The van der Waals surface area contributed by atoms with Crippen LogP contribution in [0.15, 0.2) is 66.4 Å². The zero-order valence-corrected chi connectivity index (χ0v) is 18.7. The van der Waals surface area contributed by atoms with E-state index in [1.54, 1.807) is 18.2 Å². The maximum atomic E-state index is 14.3. The predicted molar refractivity (Wildman–Crippen MR) is 124 cm³/mol. The summed E-state index contributed by atoms with van der Waals surface area (Å²) in [6.45, 7) is 4.76. The van der Waals surface area contributed by atoms with Gasteiger partial charge in [0, 0.05) is 42.4 Å². The number of carbonyl (C=O) groups excluding carboxylic acids is 1. The Morgan fingerprint density at radius 2 is 1.72 bits per heavy atom.